The minimum Gasteiger partial charge on any atom is -0.487 e. The first-order valence-corrected chi connectivity index (χ1v) is 6.75. The normalized spacial score (nSPS) is 21.1. The van der Waals surface area contributed by atoms with E-state index in [-0.39, 0.29) is 30.7 Å². The molecule has 1 saturated heterocycles. The fraction of sp³-hybridized carbons (Fsp3) is 0.400. The number of carbonyl (C=O) groups is 2. The Hall–Kier alpha value is -2.37. The number of nitrogens with zero attached hydrogens (tertiary/aromatic N) is 2. The first-order chi connectivity index (χ1) is 10.0. The molecular formula is C15H18N2O4. The summed E-state index contributed by atoms with van der Waals surface area (Å²) in [4.78, 5) is 29.2. The van der Waals surface area contributed by atoms with Gasteiger partial charge in [-0.1, -0.05) is 19.6 Å². The van der Waals surface area contributed by atoms with Gasteiger partial charge >= 0.3 is 5.97 Å². The van der Waals surface area contributed by atoms with Gasteiger partial charge in [0.15, 0.2) is 11.4 Å². The Bertz CT molecular complexity index is 558. The van der Waals surface area contributed by atoms with Crippen molar-refractivity contribution in [2.45, 2.75) is 6.92 Å². The molecule has 0 unspecified atom stereocenters. The fourth-order valence-electron chi connectivity index (χ4n) is 2.42. The Kier molecular flexibility index (Phi) is 4.57. The van der Waals surface area contributed by atoms with Gasteiger partial charge in [-0.25, -0.2) is 4.98 Å². The van der Waals surface area contributed by atoms with Crippen LogP contribution in [0.5, 0.6) is 5.75 Å². The van der Waals surface area contributed by atoms with Crippen LogP contribution < -0.4 is 4.74 Å². The molecule has 0 aromatic carbocycles. The Morgan fingerprint density at radius 1 is 1.57 bits per heavy atom. The van der Waals surface area contributed by atoms with Gasteiger partial charge in [-0.2, -0.15) is 0 Å². The van der Waals surface area contributed by atoms with Gasteiger partial charge in [0, 0.05) is 19.3 Å². The van der Waals surface area contributed by atoms with Gasteiger partial charge in [-0.05, 0) is 18.1 Å². The zero-order valence-electron chi connectivity index (χ0n) is 11.9. The molecule has 1 fully saturated rings. The van der Waals surface area contributed by atoms with Crippen molar-refractivity contribution in [2.75, 3.05) is 19.7 Å². The average Bonchev–Trinajstić information content (AvgIpc) is 2.87. The molecule has 2 atom stereocenters. The van der Waals surface area contributed by atoms with Crippen LogP contribution in [0.1, 0.15) is 17.4 Å². The number of hydrogen-bond donors (Lipinski definition) is 1. The highest BCUT2D eigenvalue weighted by molar-refractivity contribution is 5.95. The molecule has 6 nitrogen and oxygen atoms in total. The van der Waals surface area contributed by atoms with Gasteiger partial charge in [0.05, 0.1) is 5.92 Å². The number of aliphatic carboxylic acids is 1. The molecule has 0 spiro atoms. The van der Waals surface area contributed by atoms with Crippen LogP contribution in [0.3, 0.4) is 0 Å². The third-order valence-corrected chi connectivity index (χ3v) is 3.55. The second-order valence-electron chi connectivity index (χ2n) is 5.08. The summed E-state index contributed by atoms with van der Waals surface area (Å²) in [6.07, 6.45) is 3.10. The second-order valence-corrected chi connectivity index (χ2v) is 5.08. The van der Waals surface area contributed by atoms with E-state index in [1.165, 1.54) is 11.1 Å². The van der Waals surface area contributed by atoms with Crippen molar-refractivity contribution < 1.29 is 19.4 Å². The van der Waals surface area contributed by atoms with E-state index in [1.54, 1.807) is 18.2 Å². The number of amides is 1. The summed E-state index contributed by atoms with van der Waals surface area (Å²) in [7, 11) is 0. The van der Waals surface area contributed by atoms with E-state index in [1.807, 2.05) is 6.92 Å². The molecule has 1 aliphatic heterocycles. The van der Waals surface area contributed by atoms with E-state index in [2.05, 4.69) is 11.6 Å². The van der Waals surface area contributed by atoms with Gasteiger partial charge in [-0.3, -0.25) is 9.59 Å². The lowest BCUT2D eigenvalue weighted by molar-refractivity contribution is -0.142. The van der Waals surface area contributed by atoms with Crippen molar-refractivity contribution >= 4 is 11.9 Å². The number of rotatable bonds is 5. The standard InChI is InChI=1S/C15H18N2O4/c1-3-7-21-12-5-4-6-16-13(12)14(18)17-8-10(2)11(9-17)15(19)20/h3-6,10-11H,1,7-9H2,2H3,(H,19,20)/t10-,11-/m1/s1. The maximum absolute atomic E-state index is 12.5. The number of carbonyl (C=O) groups excluding carboxylic acids is 1. The molecule has 1 aromatic rings. The summed E-state index contributed by atoms with van der Waals surface area (Å²) in [6.45, 7) is 6.28. The predicted octanol–water partition coefficient (Wildman–Crippen LogP) is 1.44. The largest absolute Gasteiger partial charge is 0.487 e. The summed E-state index contributed by atoms with van der Waals surface area (Å²) < 4.78 is 5.42. The van der Waals surface area contributed by atoms with Crippen molar-refractivity contribution in [3.8, 4) is 5.75 Å². The maximum atomic E-state index is 12.5. The molecule has 112 valence electrons. The van der Waals surface area contributed by atoms with Crippen molar-refractivity contribution in [1.29, 1.82) is 0 Å². The molecule has 6 heteroatoms. The number of pyridine rings is 1. The van der Waals surface area contributed by atoms with Crippen LogP contribution in [0, 0.1) is 11.8 Å². The highest BCUT2D eigenvalue weighted by Gasteiger charge is 2.38. The molecule has 0 aliphatic carbocycles. The lowest BCUT2D eigenvalue weighted by Gasteiger charge is -2.17. The molecule has 1 amide bonds. The first kappa shape index (κ1) is 15.0. The summed E-state index contributed by atoms with van der Waals surface area (Å²) in [5.41, 5.74) is 0.206. The summed E-state index contributed by atoms with van der Waals surface area (Å²) in [6, 6.07) is 3.35. The van der Waals surface area contributed by atoms with Crippen molar-refractivity contribution in [3.05, 3.63) is 36.7 Å². The monoisotopic (exact) mass is 290 g/mol. The molecule has 21 heavy (non-hydrogen) atoms. The Morgan fingerprint density at radius 2 is 2.33 bits per heavy atom. The number of likely N-dealkylation sites (tertiary alicyclic amines) is 1. The molecule has 2 heterocycles. The molecule has 0 bridgehead atoms. The molecule has 1 N–H and O–H groups in total. The van der Waals surface area contributed by atoms with Crippen LogP contribution in [-0.2, 0) is 4.79 Å². The van der Waals surface area contributed by atoms with Gasteiger partial charge in [0.25, 0.3) is 5.91 Å². The number of aromatic nitrogens is 1. The van der Waals surface area contributed by atoms with E-state index < -0.39 is 11.9 Å². The van der Waals surface area contributed by atoms with E-state index in [9.17, 15) is 9.59 Å². The van der Waals surface area contributed by atoms with Crippen LogP contribution in [0.2, 0.25) is 0 Å². The minimum atomic E-state index is -0.873. The highest BCUT2D eigenvalue weighted by Crippen LogP contribution is 2.26. The van der Waals surface area contributed by atoms with Gasteiger partial charge < -0.3 is 14.7 Å². The Balaban J connectivity index is 2.17. The molecule has 0 saturated carbocycles. The maximum Gasteiger partial charge on any atom is 0.308 e. The molecule has 1 aliphatic rings. The topological polar surface area (TPSA) is 79.7 Å². The van der Waals surface area contributed by atoms with Crippen molar-refractivity contribution in [3.63, 3.8) is 0 Å². The van der Waals surface area contributed by atoms with E-state index in [0.29, 0.717) is 12.3 Å². The van der Waals surface area contributed by atoms with Gasteiger partial charge in [-0.15, -0.1) is 0 Å². The average molecular weight is 290 g/mol. The van der Waals surface area contributed by atoms with Crippen LogP contribution in [-0.4, -0.2) is 46.6 Å². The number of hydrogen-bond acceptors (Lipinski definition) is 4. The van der Waals surface area contributed by atoms with Gasteiger partial charge in [0.1, 0.15) is 6.61 Å². The number of carboxylic acids is 1. The van der Waals surface area contributed by atoms with E-state index in [4.69, 9.17) is 9.84 Å². The molecule has 1 aromatic heterocycles. The van der Waals surface area contributed by atoms with Crippen LogP contribution in [0.25, 0.3) is 0 Å². The van der Waals surface area contributed by atoms with Crippen molar-refractivity contribution in [2.24, 2.45) is 11.8 Å². The van der Waals surface area contributed by atoms with Crippen LogP contribution in [0.15, 0.2) is 31.0 Å². The fourth-order valence-corrected chi connectivity index (χ4v) is 2.42. The van der Waals surface area contributed by atoms with Crippen LogP contribution >= 0.6 is 0 Å². The minimum absolute atomic E-state index is 0.0762. The zero-order valence-corrected chi connectivity index (χ0v) is 11.9. The second kappa shape index (κ2) is 6.39. The molecule has 0 radical (unpaired) electrons. The predicted molar refractivity (Wildman–Crippen MR) is 76.1 cm³/mol. The van der Waals surface area contributed by atoms with Crippen molar-refractivity contribution in [1.82, 2.24) is 9.88 Å². The lowest BCUT2D eigenvalue weighted by Crippen LogP contribution is -2.31. The summed E-state index contributed by atoms with van der Waals surface area (Å²) in [5, 5.41) is 9.14. The Labute approximate surface area is 123 Å². The number of carboxylic acid groups (broad SMARTS) is 1. The number of ether oxygens (including phenoxy) is 1. The molecular weight excluding hydrogens is 272 g/mol. The van der Waals surface area contributed by atoms with E-state index >= 15 is 0 Å². The third kappa shape index (κ3) is 3.21. The van der Waals surface area contributed by atoms with E-state index in [0.717, 1.165) is 0 Å². The SMILES string of the molecule is C=CCOc1cccnc1C(=O)N1C[C@@H](C)[C@H](C(=O)O)C1. The summed E-state index contributed by atoms with van der Waals surface area (Å²) in [5.74, 6) is -1.40. The van der Waals surface area contributed by atoms with Crippen LogP contribution in [0.4, 0.5) is 0 Å². The lowest BCUT2D eigenvalue weighted by atomic mass is 9.99. The third-order valence-electron chi connectivity index (χ3n) is 3.55. The van der Waals surface area contributed by atoms with Gasteiger partial charge in [0.2, 0.25) is 0 Å². The first-order valence-electron chi connectivity index (χ1n) is 6.75. The molecule has 2 rings (SSSR count). The quantitative estimate of drug-likeness (QED) is 0.830. The smallest absolute Gasteiger partial charge is 0.308 e. The summed E-state index contributed by atoms with van der Waals surface area (Å²) >= 11 is 0. The Morgan fingerprint density at radius 3 is 2.95 bits per heavy atom. The highest BCUT2D eigenvalue weighted by atomic mass is 16.5. The zero-order chi connectivity index (χ0) is 15.4.